The summed E-state index contributed by atoms with van der Waals surface area (Å²) in [5.74, 6) is -1.81. The third-order valence-corrected chi connectivity index (χ3v) is 4.89. The van der Waals surface area contributed by atoms with E-state index in [1.807, 2.05) is 0 Å². The lowest BCUT2D eigenvalue weighted by Crippen LogP contribution is -2.14. The van der Waals surface area contributed by atoms with Crippen molar-refractivity contribution in [1.29, 1.82) is 0 Å². The summed E-state index contributed by atoms with van der Waals surface area (Å²) in [6.07, 6.45) is 0. The molecule has 106 valence electrons. The van der Waals surface area contributed by atoms with Gasteiger partial charge in [-0.25, -0.2) is 17.2 Å². The SMILES string of the molecule is O=S(=O)(Nc1c(F)cc(F)cc1Br)c1ccc(Br)cc1. The first kappa shape index (κ1) is 15.4. The molecule has 0 aliphatic heterocycles. The van der Waals surface area contributed by atoms with E-state index in [2.05, 4.69) is 36.6 Å². The molecule has 2 aromatic carbocycles. The van der Waals surface area contributed by atoms with Gasteiger partial charge in [0, 0.05) is 15.0 Å². The second kappa shape index (κ2) is 5.79. The van der Waals surface area contributed by atoms with Gasteiger partial charge < -0.3 is 0 Å². The van der Waals surface area contributed by atoms with E-state index in [4.69, 9.17) is 0 Å². The van der Waals surface area contributed by atoms with Crippen molar-refractivity contribution in [2.75, 3.05) is 4.72 Å². The predicted octanol–water partition coefficient (Wildman–Crippen LogP) is 4.29. The third-order valence-electron chi connectivity index (χ3n) is 2.37. The van der Waals surface area contributed by atoms with E-state index in [1.54, 1.807) is 12.1 Å². The molecule has 1 N–H and O–H groups in total. The number of rotatable bonds is 3. The first-order chi connectivity index (χ1) is 9.29. The summed E-state index contributed by atoms with van der Waals surface area (Å²) in [5.41, 5.74) is -0.339. The first-order valence-corrected chi connectivity index (χ1v) is 8.29. The zero-order valence-electron chi connectivity index (χ0n) is 9.70. The Morgan fingerprint density at radius 2 is 1.60 bits per heavy atom. The van der Waals surface area contributed by atoms with Gasteiger partial charge in [-0.05, 0) is 46.3 Å². The molecule has 0 heterocycles. The molecule has 0 fully saturated rings. The van der Waals surface area contributed by atoms with Gasteiger partial charge in [-0.2, -0.15) is 0 Å². The Morgan fingerprint density at radius 1 is 1.00 bits per heavy atom. The number of halogens is 4. The molecule has 2 aromatic rings. The summed E-state index contributed by atoms with van der Waals surface area (Å²) in [6.45, 7) is 0. The highest BCUT2D eigenvalue weighted by atomic mass is 79.9. The monoisotopic (exact) mass is 425 g/mol. The smallest absolute Gasteiger partial charge is 0.262 e. The van der Waals surface area contributed by atoms with E-state index in [0.29, 0.717) is 10.5 Å². The largest absolute Gasteiger partial charge is 0.275 e. The molecular formula is C12H7Br2F2NO2S. The fourth-order valence-electron chi connectivity index (χ4n) is 1.45. The Labute approximate surface area is 131 Å². The van der Waals surface area contributed by atoms with Crippen LogP contribution in [0.5, 0.6) is 0 Å². The molecule has 0 aliphatic rings. The van der Waals surface area contributed by atoms with Crippen LogP contribution in [-0.4, -0.2) is 8.42 Å². The van der Waals surface area contributed by atoms with E-state index < -0.39 is 21.7 Å². The fourth-order valence-corrected chi connectivity index (χ4v) is 3.44. The highest BCUT2D eigenvalue weighted by molar-refractivity contribution is 9.10. The molecule has 0 atom stereocenters. The van der Waals surface area contributed by atoms with Crippen molar-refractivity contribution >= 4 is 47.6 Å². The fraction of sp³-hybridized carbons (Fsp3) is 0. The molecule has 0 aliphatic carbocycles. The van der Waals surface area contributed by atoms with Crippen LogP contribution in [0.3, 0.4) is 0 Å². The van der Waals surface area contributed by atoms with E-state index in [-0.39, 0.29) is 15.1 Å². The number of sulfonamides is 1. The van der Waals surface area contributed by atoms with Crippen LogP contribution in [0.1, 0.15) is 0 Å². The van der Waals surface area contributed by atoms with Gasteiger partial charge in [0.2, 0.25) is 0 Å². The van der Waals surface area contributed by atoms with Gasteiger partial charge in [-0.3, -0.25) is 4.72 Å². The molecular weight excluding hydrogens is 420 g/mol. The van der Waals surface area contributed by atoms with E-state index in [1.165, 1.54) is 12.1 Å². The third kappa shape index (κ3) is 3.36. The van der Waals surface area contributed by atoms with Crippen LogP contribution in [0.15, 0.2) is 50.2 Å². The van der Waals surface area contributed by atoms with Gasteiger partial charge in [0.25, 0.3) is 10.0 Å². The maximum Gasteiger partial charge on any atom is 0.262 e. The lowest BCUT2D eigenvalue weighted by Gasteiger charge is -2.11. The summed E-state index contributed by atoms with van der Waals surface area (Å²) < 4.78 is 53.5. The van der Waals surface area contributed by atoms with Crippen molar-refractivity contribution in [3.8, 4) is 0 Å². The summed E-state index contributed by atoms with van der Waals surface area (Å²) in [5, 5.41) is 0. The minimum absolute atomic E-state index is 0.0179. The van der Waals surface area contributed by atoms with E-state index in [9.17, 15) is 17.2 Å². The second-order valence-electron chi connectivity index (χ2n) is 3.80. The highest BCUT2D eigenvalue weighted by Crippen LogP contribution is 2.29. The van der Waals surface area contributed by atoms with Crippen molar-refractivity contribution in [3.05, 3.63) is 57.0 Å². The number of hydrogen-bond donors (Lipinski definition) is 1. The molecule has 2 rings (SSSR count). The van der Waals surface area contributed by atoms with Crippen LogP contribution in [0.2, 0.25) is 0 Å². The zero-order valence-corrected chi connectivity index (χ0v) is 13.7. The van der Waals surface area contributed by atoms with Gasteiger partial charge in [0.05, 0.1) is 10.6 Å². The molecule has 0 aromatic heterocycles. The Morgan fingerprint density at radius 3 is 2.15 bits per heavy atom. The molecule has 0 saturated heterocycles. The first-order valence-electron chi connectivity index (χ1n) is 5.22. The Bertz CT molecular complexity index is 726. The molecule has 0 spiro atoms. The van der Waals surface area contributed by atoms with Crippen LogP contribution in [-0.2, 0) is 10.0 Å². The van der Waals surface area contributed by atoms with Crippen LogP contribution in [0.25, 0.3) is 0 Å². The minimum Gasteiger partial charge on any atom is -0.275 e. The number of nitrogens with one attached hydrogen (secondary N) is 1. The number of hydrogen-bond acceptors (Lipinski definition) is 2. The van der Waals surface area contributed by atoms with Crippen molar-refractivity contribution < 1.29 is 17.2 Å². The maximum atomic E-state index is 13.6. The summed E-state index contributed by atoms with van der Waals surface area (Å²) in [7, 11) is -3.95. The molecule has 3 nitrogen and oxygen atoms in total. The van der Waals surface area contributed by atoms with Gasteiger partial charge >= 0.3 is 0 Å². The minimum atomic E-state index is -3.95. The lowest BCUT2D eigenvalue weighted by atomic mass is 10.3. The van der Waals surface area contributed by atoms with Crippen molar-refractivity contribution in [2.24, 2.45) is 0 Å². The van der Waals surface area contributed by atoms with Crippen molar-refractivity contribution in [2.45, 2.75) is 4.90 Å². The molecule has 8 heteroatoms. The zero-order chi connectivity index (χ0) is 14.9. The number of benzene rings is 2. The van der Waals surface area contributed by atoms with Crippen LogP contribution >= 0.6 is 31.9 Å². The Hall–Kier alpha value is -0.990. The van der Waals surface area contributed by atoms with Crippen LogP contribution in [0.4, 0.5) is 14.5 Å². The van der Waals surface area contributed by atoms with Gasteiger partial charge in [-0.15, -0.1) is 0 Å². The van der Waals surface area contributed by atoms with Crippen molar-refractivity contribution in [3.63, 3.8) is 0 Å². The van der Waals surface area contributed by atoms with Crippen LogP contribution < -0.4 is 4.72 Å². The maximum absolute atomic E-state index is 13.6. The van der Waals surface area contributed by atoms with Gasteiger partial charge in [0.1, 0.15) is 5.82 Å². The van der Waals surface area contributed by atoms with E-state index in [0.717, 1.165) is 6.07 Å². The molecule has 0 amide bonds. The number of anilines is 1. The van der Waals surface area contributed by atoms with Gasteiger partial charge in [0.15, 0.2) is 5.82 Å². The quantitative estimate of drug-likeness (QED) is 0.795. The Kier molecular flexibility index (Phi) is 4.46. The lowest BCUT2D eigenvalue weighted by molar-refractivity contribution is 0.581. The average molecular weight is 427 g/mol. The van der Waals surface area contributed by atoms with E-state index >= 15 is 0 Å². The highest BCUT2D eigenvalue weighted by Gasteiger charge is 2.19. The Balaban J connectivity index is 2.41. The normalized spacial score (nSPS) is 11.4. The molecule has 0 unspecified atom stereocenters. The summed E-state index contributed by atoms with van der Waals surface area (Å²) in [4.78, 5) is -0.0312. The van der Waals surface area contributed by atoms with Crippen LogP contribution in [0, 0.1) is 11.6 Å². The summed E-state index contributed by atoms with van der Waals surface area (Å²) >= 11 is 6.11. The molecule has 20 heavy (non-hydrogen) atoms. The standard InChI is InChI=1S/C12H7Br2F2NO2S/c13-7-1-3-9(4-2-7)20(18,19)17-12-10(14)5-8(15)6-11(12)16/h1-6,17H. The molecule has 0 bridgehead atoms. The molecule has 0 radical (unpaired) electrons. The van der Waals surface area contributed by atoms with Gasteiger partial charge in [-0.1, -0.05) is 15.9 Å². The topological polar surface area (TPSA) is 46.2 Å². The average Bonchev–Trinajstić information content (AvgIpc) is 2.34. The molecule has 0 saturated carbocycles. The summed E-state index contributed by atoms with van der Waals surface area (Å²) in [6, 6.07) is 7.39. The second-order valence-corrected chi connectivity index (χ2v) is 7.26. The van der Waals surface area contributed by atoms with Crippen molar-refractivity contribution in [1.82, 2.24) is 0 Å². The predicted molar refractivity (Wildman–Crippen MR) is 79.0 cm³/mol.